The fraction of sp³-hybridized carbons (Fsp3) is 0.267. The predicted molar refractivity (Wildman–Crippen MR) is 87.8 cm³/mol. The average molecular weight is 402 g/mol. The van der Waals surface area contributed by atoms with Crippen molar-refractivity contribution in [1.29, 1.82) is 5.26 Å². The molecule has 0 aliphatic rings. The second kappa shape index (κ2) is 7.01. The highest BCUT2D eigenvalue weighted by Crippen LogP contribution is 2.24. The Bertz CT molecular complexity index is 1180. The summed E-state index contributed by atoms with van der Waals surface area (Å²) in [4.78, 5) is 23.8. The van der Waals surface area contributed by atoms with Crippen LogP contribution in [-0.2, 0) is 17.1 Å². The fourth-order valence-corrected chi connectivity index (χ4v) is 3.32. The molecule has 1 aromatic heterocycles. The molecular weight excluding hydrogens is 389 g/mol. The Balaban J connectivity index is 2.95. The van der Waals surface area contributed by atoms with Crippen LogP contribution >= 0.6 is 0 Å². The van der Waals surface area contributed by atoms with E-state index in [-0.39, 0.29) is 4.57 Å². The Morgan fingerprint density at radius 3 is 2.26 bits per heavy atom. The van der Waals surface area contributed by atoms with Crippen LogP contribution in [0, 0.1) is 17.1 Å². The summed E-state index contributed by atoms with van der Waals surface area (Å²) in [5.74, 6) is -1.24. The largest absolute Gasteiger partial charge is 0.335 e. The van der Waals surface area contributed by atoms with Crippen LogP contribution in [-0.4, -0.2) is 36.0 Å². The van der Waals surface area contributed by atoms with Gasteiger partial charge in [-0.15, -0.1) is 0 Å². The molecule has 0 aliphatic heterocycles. The molecule has 144 valence electrons. The molecule has 0 aliphatic carbocycles. The van der Waals surface area contributed by atoms with Crippen LogP contribution in [0.4, 0.5) is 13.2 Å². The molecule has 0 radical (unpaired) electrons. The first-order valence-electron chi connectivity index (χ1n) is 7.21. The van der Waals surface area contributed by atoms with Crippen molar-refractivity contribution < 1.29 is 21.6 Å². The molecule has 1 heterocycles. The molecule has 0 saturated heterocycles. The van der Waals surface area contributed by atoms with Crippen LogP contribution in [0.1, 0.15) is 17.7 Å². The van der Waals surface area contributed by atoms with Crippen molar-refractivity contribution in [3.05, 3.63) is 56.1 Å². The lowest BCUT2D eigenvalue weighted by molar-refractivity contribution is 0.140. The van der Waals surface area contributed by atoms with Gasteiger partial charge >= 0.3 is 5.69 Å². The minimum absolute atomic E-state index is 0.219. The second-order valence-corrected chi connectivity index (χ2v) is 7.70. The number of nitriles is 1. The lowest BCUT2D eigenvalue weighted by atomic mass is 10.2. The van der Waals surface area contributed by atoms with Crippen molar-refractivity contribution in [2.75, 3.05) is 14.1 Å². The summed E-state index contributed by atoms with van der Waals surface area (Å²) in [5, 5.41) is 9.08. The van der Waals surface area contributed by atoms with E-state index in [9.17, 15) is 31.2 Å². The lowest BCUT2D eigenvalue weighted by Crippen LogP contribution is -2.39. The number of aromatic nitrogens is 2. The van der Waals surface area contributed by atoms with E-state index in [1.54, 1.807) is 0 Å². The summed E-state index contributed by atoms with van der Waals surface area (Å²) in [7, 11) is -0.930. The van der Waals surface area contributed by atoms with Crippen molar-refractivity contribution in [2.24, 2.45) is 7.05 Å². The molecule has 0 saturated carbocycles. The van der Waals surface area contributed by atoms with Crippen molar-refractivity contribution >= 4 is 10.0 Å². The summed E-state index contributed by atoms with van der Waals surface area (Å²) < 4.78 is 66.4. The highest BCUT2D eigenvalue weighted by Gasteiger charge is 2.26. The number of halogens is 3. The molecule has 1 aromatic carbocycles. The highest BCUT2D eigenvalue weighted by atomic mass is 32.2. The summed E-state index contributed by atoms with van der Waals surface area (Å²) in [5.41, 5.74) is -4.77. The summed E-state index contributed by atoms with van der Waals surface area (Å²) in [6.07, 6.45) is -3.12. The molecule has 2 rings (SSSR count). The van der Waals surface area contributed by atoms with Crippen LogP contribution < -0.4 is 11.2 Å². The van der Waals surface area contributed by atoms with Crippen molar-refractivity contribution in [1.82, 2.24) is 13.4 Å². The van der Waals surface area contributed by atoms with E-state index in [1.165, 1.54) is 20.2 Å². The third-order valence-corrected chi connectivity index (χ3v) is 5.60. The van der Waals surface area contributed by atoms with Crippen LogP contribution in [0.15, 0.2) is 32.7 Å². The monoisotopic (exact) mass is 402 g/mol. The van der Waals surface area contributed by atoms with Crippen LogP contribution in [0.25, 0.3) is 5.69 Å². The van der Waals surface area contributed by atoms with E-state index in [1.807, 2.05) is 0 Å². The van der Waals surface area contributed by atoms with Gasteiger partial charge in [0.05, 0.1) is 16.9 Å². The van der Waals surface area contributed by atoms with Crippen LogP contribution in [0.2, 0.25) is 0 Å². The third kappa shape index (κ3) is 3.38. The molecule has 0 atom stereocenters. The first-order valence-corrected chi connectivity index (χ1v) is 8.65. The van der Waals surface area contributed by atoms with E-state index in [0.717, 1.165) is 11.4 Å². The quantitative estimate of drug-likeness (QED) is 0.750. The van der Waals surface area contributed by atoms with Gasteiger partial charge in [0.15, 0.2) is 0 Å². The van der Waals surface area contributed by atoms with Crippen molar-refractivity contribution in [3.63, 3.8) is 0 Å². The molecule has 0 N–H and O–H groups in total. The normalized spacial score (nSPS) is 11.8. The summed E-state index contributed by atoms with van der Waals surface area (Å²) in [6, 6.07) is 3.17. The molecular formula is C15H13F3N4O4S. The van der Waals surface area contributed by atoms with E-state index < -0.39 is 55.4 Å². The molecule has 27 heavy (non-hydrogen) atoms. The number of benzene rings is 1. The van der Waals surface area contributed by atoms with Crippen molar-refractivity contribution in [2.45, 2.75) is 11.3 Å². The molecule has 8 nitrogen and oxygen atoms in total. The SMILES string of the molecule is CN(C)S(=O)(=O)c1cc(-n2c(=O)cc(C(F)F)n(C)c2=O)c(F)cc1C#N. The van der Waals surface area contributed by atoms with Gasteiger partial charge in [0.25, 0.3) is 12.0 Å². The van der Waals surface area contributed by atoms with E-state index >= 15 is 0 Å². The van der Waals surface area contributed by atoms with Gasteiger partial charge in [0, 0.05) is 27.2 Å². The fourth-order valence-electron chi connectivity index (χ4n) is 2.29. The zero-order valence-electron chi connectivity index (χ0n) is 14.3. The molecule has 0 fully saturated rings. The Kier molecular flexibility index (Phi) is 5.30. The van der Waals surface area contributed by atoms with Gasteiger partial charge in [0.1, 0.15) is 16.8 Å². The Morgan fingerprint density at radius 2 is 1.78 bits per heavy atom. The lowest BCUT2D eigenvalue weighted by Gasteiger charge is -2.16. The first kappa shape index (κ1) is 20.4. The molecule has 0 bridgehead atoms. The minimum Gasteiger partial charge on any atom is -0.295 e. The van der Waals surface area contributed by atoms with Gasteiger partial charge in [-0.3, -0.25) is 9.36 Å². The maximum Gasteiger partial charge on any atom is 0.335 e. The zero-order chi connectivity index (χ0) is 20.7. The summed E-state index contributed by atoms with van der Waals surface area (Å²) >= 11 is 0. The Morgan fingerprint density at radius 1 is 1.19 bits per heavy atom. The minimum atomic E-state index is -4.22. The van der Waals surface area contributed by atoms with Gasteiger partial charge in [-0.05, 0) is 12.1 Å². The smallest absolute Gasteiger partial charge is 0.295 e. The number of sulfonamides is 1. The van der Waals surface area contributed by atoms with E-state index in [0.29, 0.717) is 22.8 Å². The first-order chi connectivity index (χ1) is 12.4. The third-order valence-electron chi connectivity index (χ3n) is 3.75. The number of rotatable bonds is 4. The van der Waals surface area contributed by atoms with Crippen LogP contribution in [0.3, 0.4) is 0 Å². The predicted octanol–water partition coefficient (Wildman–Crippen LogP) is 0.735. The Labute approximate surface area is 151 Å². The number of nitrogens with zero attached hydrogens (tertiary/aromatic N) is 4. The summed E-state index contributed by atoms with van der Waals surface area (Å²) in [6.45, 7) is 0. The van der Waals surface area contributed by atoms with Gasteiger partial charge < -0.3 is 0 Å². The number of hydrogen-bond acceptors (Lipinski definition) is 5. The van der Waals surface area contributed by atoms with Gasteiger partial charge in [-0.2, -0.15) is 5.26 Å². The maximum absolute atomic E-state index is 14.4. The maximum atomic E-state index is 14.4. The Hall–Kier alpha value is -2.91. The molecule has 0 amide bonds. The second-order valence-electron chi connectivity index (χ2n) is 5.58. The standard InChI is InChI=1S/C15H13F3N4O4S/c1-20(2)27(25,26)12-5-10(9(16)4-8(12)7-19)22-13(23)6-11(14(17)18)21(3)15(22)24/h4-6,14H,1-3H3. The number of alkyl halides is 2. The van der Waals surface area contributed by atoms with E-state index in [4.69, 9.17) is 5.26 Å². The average Bonchev–Trinajstić information content (AvgIpc) is 2.58. The number of hydrogen-bond donors (Lipinski definition) is 0. The van der Waals surface area contributed by atoms with Gasteiger partial charge in [-0.25, -0.2) is 35.3 Å². The molecule has 2 aromatic rings. The van der Waals surface area contributed by atoms with E-state index in [2.05, 4.69) is 0 Å². The molecule has 0 unspecified atom stereocenters. The zero-order valence-corrected chi connectivity index (χ0v) is 15.1. The highest BCUT2D eigenvalue weighted by molar-refractivity contribution is 7.89. The topological polar surface area (TPSA) is 105 Å². The van der Waals surface area contributed by atoms with Crippen LogP contribution in [0.5, 0.6) is 0 Å². The molecule has 12 heteroatoms. The molecule has 0 spiro atoms. The van der Waals surface area contributed by atoms with Gasteiger partial charge in [-0.1, -0.05) is 0 Å². The van der Waals surface area contributed by atoms with Gasteiger partial charge in [0.2, 0.25) is 10.0 Å². The van der Waals surface area contributed by atoms with Crippen molar-refractivity contribution in [3.8, 4) is 11.8 Å².